The summed E-state index contributed by atoms with van der Waals surface area (Å²) in [6, 6.07) is 15.7. The van der Waals surface area contributed by atoms with Crippen molar-refractivity contribution in [3.63, 3.8) is 0 Å². The number of benzene rings is 3. The molecule has 4 rings (SSSR count). The maximum Gasteiger partial charge on any atom is 0.450 e. The van der Waals surface area contributed by atoms with Gasteiger partial charge in [-0.1, -0.05) is 41.4 Å². The molecule has 1 heterocycles. The number of carbonyl (C=O) groups excluding carboxylic acids is 1. The van der Waals surface area contributed by atoms with E-state index in [2.05, 4.69) is 0 Å². The van der Waals surface area contributed by atoms with Crippen LogP contribution in [0.15, 0.2) is 75.9 Å². The van der Waals surface area contributed by atoms with Gasteiger partial charge in [0.2, 0.25) is 11.2 Å². The molecule has 0 aliphatic heterocycles. The van der Waals surface area contributed by atoms with Crippen LogP contribution in [0, 0.1) is 6.92 Å². The molecule has 0 aliphatic carbocycles. The molecule has 0 aliphatic rings. The van der Waals surface area contributed by atoms with Crippen molar-refractivity contribution in [1.82, 2.24) is 0 Å². The molecule has 0 bridgehead atoms. The van der Waals surface area contributed by atoms with Gasteiger partial charge in [0.15, 0.2) is 0 Å². The summed E-state index contributed by atoms with van der Waals surface area (Å²) in [5, 5.41) is 0.227. The van der Waals surface area contributed by atoms with Gasteiger partial charge in [-0.15, -0.1) is 0 Å². The van der Waals surface area contributed by atoms with Crippen molar-refractivity contribution < 1.29 is 27.1 Å². The first-order valence-corrected chi connectivity index (χ1v) is 9.74. The van der Waals surface area contributed by atoms with Crippen molar-refractivity contribution in [2.24, 2.45) is 0 Å². The molecular weight excluding hydrogens is 445 g/mol. The standard InChI is InChI=1S/C24H14ClF3O4/c1-13-2-4-15(5-3-13)23(30)31-17-10-11-18-19(12-17)32-22(24(26,27)28)20(21(18)29)14-6-8-16(25)9-7-14/h2-12H,1H3. The Kier molecular flexibility index (Phi) is 5.52. The molecule has 0 saturated heterocycles. The largest absolute Gasteiger partial charge is 0.450 e. The Hall–Kier alpha value is -3.58. The second-order valence-electron chi connectivity index (χ2n) is 7.05. The van der Waals surface area contributed by atoms with Gasteiger partial charge < -0.3 is 9.15 Å². The van der Waals surface area contributed by atoms with Crippen LogP contribution < -0.4 is 10.2 Å². The Labute approximate surface area is 184 Å². The van der Waals surface area contributed by atoms with Gasteiger partial charge in [-0.2, -0.15) is 13.2 Å². The second kappa shape index (κ2) is 8.16. The van der Waals surface area contributed by atoms with Gasteiger partial charge in [0.25, 0.3) is 0 Å². The molecule has 3 aromatic carbocycles. The molecule has 0 fully saturated rings. The third-order valence-electron chi connectivity index (χ3n) is 4.75. The summed E-state index contributed by atoms with van der Waals surface area (Å²) in [4.78, 5) is 25.3. The summed E-state index contributed by atoms with van der Waals surface area (Å²) in [5.41, 5.74) is -0.596. The summed E-state index contributed by atoms with van der Waals surface area (Å²) >= 11 is 5.81. The molecule has 0 N–H and O–H groups in total. The van der Waals surface area contributed by atoms with Crippen LogP contribution in [0.5, 0.6) is 5.75 Å². The minimum absolute atomic E-state index is 0.0206. The van der Waals surface area contributed by atoms with Gasteiger partial charge in [-0.05, 0) is 48.9 Å². The first-order valence-electron chi connectivity index (χ1n) is 9.36. The van der Waals surface area contributed by atoms with Crippen molar-refractivity contribution in [3.8, 4) is 16.9 Å². The predicted octanol–water partition coefficient (Wildman–Crippen LogP) is 6.66. The lowest BCUT2D eigenvalue weighted by molar-refractivity contribution is -0.152. The van der Waals surface area contributed by atoms with E-state index < -0.39 is 28.9 Å². The van der Waals surface area contributed by atoms with Gasteiger partial charge in [0.1, 0.15) is 11.3 Å². The van der Waals surface area contributed by atoms with Crippen LogP contribution in [-0.4, -0.2) is 5.97 Å². The summed E-state index contributed by atoms with van der Waals surface area (Å²) in [7, 11) is 0. The minimum Gasteiger partial charge on any atom is -0.450 e. The van der Waals surface area contributed by atoms with Gasteiger partial charge in [-0.3, -0.25) is 4.79 Å². The summed E-state index contributed by atoms with van der Waals surface area (Å²) < 4.78 is 51.6. The zero-order valence-electron chi connectivity index (χ0n) is 16.5. The van der Waals surface area contributed by atoms with E-state index in [-0.39, 0.29) is 27.8 Å². The molecule has 0 amide bonds. The molecule has 4 nitrogen and oxygen atoms in total. The summed E-state index contributed by atoms with van der Waals surface area (Å²) in [6.07, 6.45) is -4.93. The molecule has 4 aromatic rings. The fraction of sp³-hybridized carbons (Fsp3) is 0.0833. The number of carbonyl (C=O) groups is 1. The van der Waals surface area contributed by atoms with Crippen molar-refractivity contribution in [2.45, 2.75) is 13.1 Å². The minimum atomic E-state index is -4.93. The van der Waals surface area contributed by atoms with E-state index in [9.17, 15) is 22.8 Å². The van der Waals surface area contributed by atoms with E-state index >= 15 is 0 Å². The van der Waals surface area contributed by atoms with Crippen LogP contribution in [0.4, 0.5) is 13.2 Å². The number of hydrogen-bond acceptors (Lipinski definition) is 4. The fourth-order valence-electron chi connectivity index (χ4n) is 3.17. The molecule has 162 valence electrons. The smallest absolute Gasteiger partial charge is 0.450 e. The van der Waals surface area contributed by atoms with Crippen LogP contribution >= 0.6 is 11.6 Å². The number of alkyl halides is 3. The number of aryl methyl sites for hydroxylation is 1. The Morgan fingerprint density at radius 3 is 2.25 bits per heavy atom. The predicted molar refractivity (Wildman–Crippen MR) is 114 cm³/mol. The van der Waals surface area contributed by atoms with Gasteiger partial charge in [0.05, 0.1) is 16.5 Å². The molecule has 0 spiro atoms. The first kappa shape index (κ1) is 21.6. The summed E-state index contributed by atoms with van der Waals surface area (Å²) in [5.74, 6) is -2.20. The highest BCUT2D eigenvalue weighted by atomic mass is 35.5. The van der Waals surface area contributed by atoms with Gasteiger partial charge in [0, 0.05) is 11.1 Å². The zero-order valence-corrected chi connectivity index (χ0v) is 17.3. The van der Waals surface area contributed by atoms with E-state index in [1.165, 1.54) is 36.4 Å². The lowest BCUT2D eigenvalue weighted by Gasteiger charge is -2.13. The molecule has 0 radical (unpaired) electrons. The zero-order chi connectivity index (χ0) is 23.0. The van der Waals surface area contributed by atoms with Crippen molar-refractivity contribution >= 4 is 28.5 Å². The lowest BCUT2D eigenvalue weighted by Crippen LogP contribution is -2.16. The SMILES string of the molecule is Cc1ccc(C(=O)Oc2ccc3c(=O)c(-c4ccc(Cl)cc4)c(C(F)(F)F)oc3c2)cc1. The van der Waals surface area contributed by atoms with Crippen molar-refractivity contribution in [3.05, 3.63) is 98.9 Å². The first-order chi connectivity index (χ1) is 15.1. The molecule has 0 unspecified atom stereocenters. The molecular formula is C24H14ClF3O4. The Morgan fingerprint density at radius 2 is 1.62 bits per heavy atom. The maximum absolute atomic E-state index is 13.7. The highest BCUT2D eigenvalue weighted by molar-refractivity contribution is 6.30. The van der Waals surface area contributed by atoms with E-state index in [1.54, 1.807) is 24.3 Å². The Bertz CT molecular complexity index is 1370. The highest BCUT2D eigenvalue weighted by Crippen LogP contribution is 2.38. The monoisotopic (exact) mass is 458 g/mol. The third-order valence-corrected chi connectivity index (χ3v) is 5.00. The summed E-state index contributed by atoms with van der Waals surface area (Å²) in [6.45, 7) is 1.86. The van der Waals surface area contributed by atoms with Crippen LogP contribution in [0.3, 0.4) is 0 Å². The average molecular weight is 459 g/mol. The highest BCUT2D eigenvalue weighted by Gasteiger charge is 2.39. The number of ether oxygens (including phenoxy) is 1. The topological polar surface area (TPSA) is 56.5 Å². The van der Waals surface area contributed by atoms with Crippen LogP contribution in [-0.2, 0) is 6.18 Å². The molecule has 32 heavy (non-hydrogen) atoms. The van der Waals surface area contributed by atoms with Gasteiger partial charge in [-0.25, -0.2) is 4.79 Å². The Morgan fingerprint density at radius 1 is 0.969 bits per heavy atom. The number of rotatable bonds is 3. The normalized spacial score (nSPS) is 11.5. The van der Waals surface area contributed by atoms with Gasteiger partial charge >= 0.3 is 12.1 Å². The van der Waals surface area contributed by atoms with E-state index in [0.29, 0.717) is 5.02 Å². The third kappa shape index (κ3) is 4.24. The van der Waals surface area contributed by atoms with E-state index in [1.807, 2.05) is 6.92 Å². The van der Waals surface area contributed by atoms with E-state index in [0.717, 1.165) is 11.6 Å². The van der Waals surface area contributed by atoms with E-state index in [4.69, 9.17) is 20.8 Å². The van der Waals surface area contributed by atoms with Crippen molar-refractivity contribution in [1.29, 1.82) is 0 Å². The molecule has 0 saturated carbocycles. The number of fused-ring (bicyclic) bond motifs is 1. The van der Waals surface area contributed by atoms with Crippen LogP contribution in [0.2, 0.25) is 5.02 Å². The fourth-order valence-corrected chi connectivity index (χ4v) is 3.30. The second-order valence-corrected chi connectivity index (χ2v) is 7.49. The number of hydrogen-bond donors (Lipinski definition) is 0. The lowest BCUT2D eigenvalue weighted by atomic mass is 10.0. The quantitative estimate of drug-likeness (QED) is 0.254. The van der Waals surface area contributed by atoms with Crippen LogP contribution in [0.25, 0.3) is 22.1 Å². The molecule has 8 heteroatoms. The van der Waals surface area contributed by atoms with Crippen LogP contribution in [0.1, 0.15) is 21.7 Å². The maximum atomic E-state index is 13.7. The Balaban J connectivity index is 1.81. The molecule has 1 aromatic heterocycles. The van der Waals surface area contributed by atoms with Crippen molar-refractivity contribution in [2.75, 3.05) is 0 Å². The number of esters is 1. The number of halogens is 4. The average Bonchev–Trinajstić information content (AvgIpc) is 2.74. The molecule has 0 atom stereocenters.